The van der Waals surface area contributed by atoms with Crippen LogP contribution in [0.4, 0.5) is 4.39 Å². The zero-order valence-corrected chi connectivity index (χ0v) is 19.7. The summed E-state index contributed by atoms with van der Waals surface area (Å²) in [6, 6.07) is 14.4. The number of nitrogens with zero attached hydrogens (tertiary/aromatic N) is 4. The lowest BCUT2D eigenvalue weighted by atomic mass is 10.0. The number of rotatable bonds is 5. The lowest BCUT2D eigenvalue weighted by molar-refractivity contribution is 0.0554. The molecule has 0 radical (unpaired) electrons. The molecule has 4 aromatic rings. The molecule has 0 saturated carbocycles. The molecule has 2 fully saturated rings. The molecule has 0 aliphatic carbocycles. The number of carbonyl (C=O) groups excluding carboxylic acids is 2. The molecule has 0 bridgehead atoms. The number of halogens is 1. The molecule has 35 heavy (non-hydrogen) atoms. The van der Waals surface area contributed by atoms with Crippen LogP contribution in [0.1, 0.15) is 27.3 Å². The third-order valence-electron chi connectivity index (χ3n) is 6.84. The third kappa shape index (κ3) is 4.11. The predicted molar refractivity (Wildman–Crippen MR) is 132 cm³/mol. The molecule has 4 heterocycles. The van der Waals surface area contributed by atoms with Gasteiger partial charge in [0.1, 0.15) is 11.5 Å². The van der Waals surface area contributed by atoms with Crippen molar-refractivity contribution in [2.24, 2.45) is 0 Å². The highest BCUT2D eigenvalue weighted by Gasteiger charge is 2.35. The standard InChI is InChI=1S/C26H24FN5O2S/c27-17-4-6-20(7-5-17)32-11-9-21-22(2-1-3-24(21)32)25(33)31-13-19(14-31)29-18-8-10-30(12-18)26(34)23-15-35-16-28-23/h1-7,9,11,15-16,18-19,29H,8,10,12-14H2. The quantitative estimate of drug-likeness (QED) is 0.466. The molecule has 1 atom stereocenters. The number of hydrogen-bond donors (Lipinski definition) is 1. The zero-order valence-electron chi connectivity index (χ0n) is 18.9. The summed E-state index contributed by atoms with van der Waals surface area (Å²) >= 11 is 1.43. The maximum atomic E-state index is 13.3. The maximum absolute atomic E-state index is 13.3. The van der Waals surface area contributed by atoms with Crippen LogP contribution in [-0.4, -0.2) is 69.4 Å². The van der Waals surface area contributed by atoms with Crippen LogP contribution in [0, 0.1) is 5.82 Å². The number of likely N-dealkylation sites (tertiary alicyclic amines) is 2. The van der Waals surface area contributed by atoms with Gasteiger partial charge in [0.15, 0.2) is 0 Å². The van der Waals surface area contributed by atoms with E-state index in [1.54, 1.807) is 23.0 Å². The Bertz CT molecular complexity index is 1380. The number of aromatic nitrogens is 2. The van der Waals surface area contributed by atoms with Crippen LogP contribution < -0.4 is 5.32 Å². The first-order chi connectivity index (χ1) is 17.1. The topological polar surface area (TPSA) is 70.5 Å². The van der Waals surface area contributed by atoms with Crippen molar-refractivity contribution in [3.05, 3.63) is 82.7 Å². The van der Waals surface area contributed by atoms with Gasteiger partial charge >= 0.3 is 0 Å². The summed E-state index contributed by atoms with van der Waals surface area (Å²) in [6.45, 7) is 2.67. The number of fused-ring (bicyclic) bond motifs is 1. The second kappa shape index (κ2) is 8.90. The van der Waals surface area contributed by atoms with E-state index in [0.29, 0.717) is 30.9 Å². The van der Waals surface area contributed by atoms with E-state index in [1.807, 2.05) is 44.8 Å². The fraction of sp³-hybridized carbons (Fsp3) is 0.269. The van der Waals surface area contributed by atoms with E-state index >= 15 is 0 Å². The van der Waals surface area contributed by atoms with E-state index in [-0.39, 0.29) is 29.7 Å². The van der Waals surface area contributed by atoms with Gasteiger partial charge in [-0.25, -0.2) is 9.37 Å². The summed E-state index contributed by atoms with van der Waals surface area (Å²) in [5.41, 5.74) is 4.62. The number of hydrogen-bond acceptors (Lipinski definition) is 5. The monoisotopic (exact) mass is 489 g/mol. The molecule has 2 aromatic heterocycles. The normalized spacial score (nSPS) is 18.3. The smallest absolute Gasteiger partial charge is 0.273 e. The van der Waals surface area contributed by atoms with Crippen LogP contribution in [0.15, 0.2) is 65.6 Å². The summed E-state index contributed by atoms with van der Waals surface area (Å²) in [6.07, 6.45) is 2.81. The molecule has 178 valence electrons. The van der Waals surface area contributed by atoms with Crippen molar-refractivity contribution < 1.29 is 14.0 Å². The average Bonchev–Trinajstić information content (AvgIpc) is 3.61. The van der Waals surface area contributed by atoms with Crippen LogP contribution in [0.25, 0.3) is 16.6 Å². The van der Waals surface area contributed by atoms with Crippen LogP contribution in [-0.2, 0) is 0 Å². The van der Waals surface area contributed by atoms with E-state index in [9.17, 15) is 14.0 Å². The van der Waals surface area contributed by atoms with Gasteiger partial charge < -0.3 is 19.7 Å². The molecule has 1 unspecified atom stereocenters. The highest BCUT2D eigenvalue weighted by molar-refractivity contribution is 7.07. The van der Waals surface area contributed by atoms with Gasteiger partial charge in [-0.3, -0.25) is 9.59 Å². The molecule has 0 spiro atoms. The lowest BCUT2D eigenvalue weighted by Gasteiger charge is -2.41. The number of benzene rings is 2. The second-order valence-electron chi connectivity index (χ2n) is 9.08. The minimum atomic E-state index is -0.279. The zero-order chi connectivity index (χ0) is 23.9. The second-order valence-corrected chi connectivity index (χ2v) is 9.80. The minimum Gasteiger partial charge on any atom is -0.336 e. The molecule has 2 amide bonds. The molecule has 6 rings (SSSR count). The van der Waals surface area contributed by atoms with Gasteiger partial charge in [0.25, 0.3) is 11.8 Å². The van der Waals surface area contributed by atoms with E-state index in [1.165, 1.54) is 23.5 Å². The van der Waals surface area contributed by atoms with Crippen molar-refractivity contribution in [3.8, 4) is 5.69 Å². The summed E-state index contributed by atoms with van der Waals surface area (Å²) in [5, 5.41) is 6.27. The van der Waals surface area contributed by atoms with Gasteiger partial charge in [0, 0.05) is 66.5 Å². The Balaban J connectivity index is 1.08. The molecule has 7 nitrogen and oxygen atoms in total. The number of amides is 2. The molecule has 1 N–H and O–H groups in total. The first-order valence-electron chi connectivity index (χ1n) is 11.7. The summed E-state index contributed by atoms with van der Waals surface area (Å²) < 4.78 is 15.3. The third-order valence-corrected chi connectivity index (χ3v) is 7.42. The Hall–Kier alpha value is -3.56. The van der Waals surface area contributed by atoms with Crippen LogP contribution in [0.5, 0.6) is 0 Å². The van der Waals surface area contributed by atoms with E-state index in [2.05, 4.69) is 10.3 Å². The van der Waals surface area contributed by atoms with E-state index in [4.69, 9.17) is 0 Å². The molecule has 2 aromatic carbocycles. The minimum absolute atomic E-state index is 0.0114. The highest BCUT2D eigenvalue weighted by atomic mass is 32.1. The maximum Gasteiger partial charge on any atom is 0.273 e. The Morgan fingerprint density at radius 3 is 2.54 bits per heavy atom. The first-order valence-corrected chi connectivity index (χ1v) is 12.6. The summed E-state index contributed by atoms with van der Waals surface area (Å²) in [7, 11) is 0. The van der Waals surface area contributed by atoms with Gasteiger partial charge in [0.05, 0.1) is 11.0 Å². The van der Waals surface area contributed by atoms with Crippen LogP contribution >= 0.6 is 11.3 Å². The van der Waals surface area contributed by atoms with E-state index in [0.717, 1.165) is 29.6 Å². The fourth-order valence-corrected chi connectivity index (χ4v) is 5.52. The Labute approximate surface area is 205 Å². The van der Waals surface area contributed by atoms with Crippen molar-refractivity contribution in [1.29, 1.82) is 0 Å². The van der Waals surface area contributed by atoms with Crippen molar-refractivity contribution in [1.82, 2.24) is 24.7 Å². The molecule has 2 aliphatic heterocycles. The SMILES string of the molecule is O=C(c1cscn1)N1CCC(NC2CN(C(=O)c3cccc4c3ccn4-c3ccc(F)cc3)C2)C1. The molecule has 9 heteroatoms. The number of thiazole rings is 1. The Morgan fingerprint density at radius 1 is 0.971 bits per heavy atom. The molecule has 2 saturated heterocycles. The Kier molecular flexibility index (Phi) is 5.58. The van der Waals surface area contributed by atoms with Crippen molar-refractivity contribution >= 4 is 34.1 Å². The van der Waals surface area contributed by atoms with Crippen LogP contribution in [0.3, 0.4) is 0 Å². The fourth-order valence-electron chi connectivity index (χ4n) is 5.00. The number of nitrogens with one attached hydrogen (secondary N) is 1. The van der Waals surface area contributed by atoms with Crippen molar-refractivity contribution in [2.45, 2.75) is 18.5 Å². The van der Waals surface area contributed by atoms with Gasteiger partial charge in [-0.15, -0.1) is 11.3 Å². The summed E-state index contributed by atoms with van der Waals surface area (Å²) in [4.78, 5) is 33.6. The van der Waals surface area contributed by atoms with Crippen molar-refractivity contribution in [2.75, 3.05) is 26.2 Å². The van der Waals surface area contributed by atoms with Gasteiger partial charge in [0.2, 0.25) is 0 Å². The largest absolute Gasteiger partial charge is 0.336 e. The highest BCUT2D eigenvalue weighted by Crippen LogP contribution is 2.26. The number of carbonyl (C=O) groups is 2. The molecule has 2 aliphatic rings. The predicted octanol–water partition coefficient (Wildman–Crippen LogP) is 3.55. The Morgan fingerprint density at radius 2 is 1.77 bits per heavy atom. The van der Waals surface area contributed by atoms with Crippen LogP contribution in [0.2, 0.25) is 0 Å². The molecular weight excluding hydrogens is 465 g/mol. The molecular formula is C26H24FN5O2S. The average molecular weight is 490 g/mol. The van der Waals surface area contributed by atoms with Crippen molar-refractivity contribution in [3.63, 3.8) is 0 Å². The van der Waals surface area contributed by atoms with Gasteiger partial charge in [-0.05, 0) is 48.9 Å². The van der Waals surface area contributed by atoms with Gasteiger partial charge in [-0.1, -0.05) is 6.07 Å². The van der Waals surface area contributed by atoms with Gasteiger partial charge in [-0.2, -0.15) is 0 Å². The summed E-state index contributed by atoms with van der Waals surface area (Å²) in [5.74, 6) is -0.280. The lowest BCUT2D eigenvalue weighted by Crippen LogP contribution is -2.62. The van der Waals surface area contributed by atoms with E-state index < -0.39 is 0 Å². The first kappa shape index (κ1) is 21.9.